The van der Waals surface area contributed by atoms with E-state index in [0.717, 1.165) is 11.3 Å². The van der Waals surface area contributed by atoms with Crippen molar-refractivity contribution in [2.45, 2.75) is 38.9 Å². The van der Waals surface area contributed by atoms with Gasteiger partial charge in [-0.1, -0.05) is 18.2 Å². The highest BCUT2D eigenvalue weighted by Gasteiger charge is 2.33. The Labute approximate surface area is 143 Å². The number of piperazine rings is 1. The molecule has 0 radical (unpaired) electrons. The maximum atomic E-state index is 12.4. The standard InChI is InChI=1S/C18H27N3O3/c1-13(2)20(3)17(22)11-15-18(23)19-9-10-21(15)12-14-7-5-6-8-16(14)24-4/h5-8,13,15H,9-12H2,1-4H3,(H,19,23). The van der Waals surface area contributed by atoms with Gasteiger partial charge in [-0.2, -0.15) is 0 Å². The van der Waals surface area contributed by atoms with Crippen molar-refractivity contribution in [3.8, 4) is 5.75 Å². The molecule has 1 atom stereocenters. The van der Waals surface area contributed by atoms with Gasteiger partial charge in [0.05, 0.1) is 19.6 Å². The van der Waals surface area contributed by atoms with E-state index in [1.807, 2.05) is 38.1 Å². The van der Waals surface area contributed by atoms with Crippen LogP contribution in [0, 0.1) is 0 Å². The molecule has 1 heterocycles. The minimum atomic E-state index is -0.447. The zero-order chi connectivity index (χ0) is 17.7. The first-order valence-electron chi connectivity index (χ1n) is 8.33. The van der Waals surface area contributed by atoms with Crippen LogP contribution >= 0.6 is 0 Å². The van der Waals surface area contributed by atoms with Crippen LogP contribution in [0.2, 0.25) is 0 Å². The van der Waals surface area contributed by atoms with Crippen LogP contribution < -0.4 is 10.1 Å². The summed E-state index contributed by atoms with van der Waals surface area (Å²) < 4.78 is 5.40. The molecule has 1 aromatic rings. The van der Waals surface area contributed by atoms with E-state index < -0.39 is 6.04 Å². The summed E-state index contributed by atoms with van der Waals surface area (Å²) in [5.74, 6) is 0.701. The summed E-state index contributed by atoms with van der Waals surface area (Å²) in [4.78, 5) is 28.5. The van der Waals surface area contributed by atoms with Crippen molar-refractivity contribution in [1.29, 1.82) is 0 Å². The lowest BCUT2D eigenvalue weighted by molar-refractivity contribution is -0.139. The first-order chi connectivity index (χ1) is 11.4. The van der Waals surface area contributed by atoms with E-state index in [9.17, 15) is 9.59 Å². The SMILES string of the molecule is COc1ccccc1CN1CCNC(=O)C1CC(=O)N(C)C(C)C. The Morgan fingerprint density at radius 1 is 1.42 bits per heavy atom. The van der Waals surface area contributed by atoms with E-state index in [1.54, 1.807) is 19.1 Å². The van der Waals surface area contributed by atoms with Crippen LogP contribution in [-0.4, -0.2) is 60.9 Å². The number of benzene rings is 1. The third-order valence-electron chi connectivity index (χ3n) is 4.54. The normalized spacial score (nSPS) is 18.4. The molecule has 24 heavy (non-hydrogen) atoms. The van der Waals surface area contributed by atoms with Gasteiger partial charge in [0.15, 0.2) is 0 Å². The van der Waals surface area contributed by atoms with Gasteiger partial charge >= 0.3 is 0 Å². The van der Waals surface area contributed by atoms with Crippen molar-refractivity contribution in [3.05, 3.63) is 29.8 Å². The number of nitrogens with one attached hydrogen (secondary N) is 1. The summed E-state index contributed by atoms with van der Waals surface area (Å²) in [6.07, 6.45) is 0.190. The second-order valence-corrected chi connectivity index (χ2v) is 6.39. The summed E-state index contributed by atoms with van der Waals surface area (Å²) in [5.41, 5.74) is 1.02. The molecule has 2 amide bonds. The molecule has 1 aromatic carbocycles. The van der Waals surface area contributed by atoms with Crippen LogP contribution in [0.5, 0.6) is 5.75 Å². The number of rotatable bonds is 6. The highest BCUT2D eigenvalue weighted by atomic mass is 16.5. The average Bonchev–Trinajstić information content (AvgIpc) is 2.57. The van der Waals surface area contributed by atoms with Crippen molar-refractivity contribution >= 4 is 11.8 Å². The first kappa shape index (κ1) is 18.3. The van der Waals surface area contributed by atoms with Gasteiger partial charge in [-0.3, -0.25) is 14.5 Å². The molecule has 0 bridgehead atoms. The Kier molecular flexibility index (Phi) is 6.20. The van der Waals surface area contributed by atoms with Crippen LogP contribution in [0.15, 0.2) is 24.3 Å². The summed E-state index contributed by atoms with van der Waals surface area (Å²) in [7, 11) is 3.42. The number of methoxy groups -OCH3 is 1. The summed E-state index contributed by atoms with van der Waals surface area (Å²) in [5, 5.41) is 2.87. The molecule has 2 rings (SSSR count). The number of ether oxygens (including phenoxy) is 1. The van der Waals surface area contributed by atoms with Crippen LogP contribution in [-0.2, 0) is 16.1 Å². The predicted octanol–water partition coefficient (Wildman–Crippen LogP) is 1.25. The molecule has 6 nitrogen and oxygen atoms in total. The van der Waals surface area contributed by atoms with Crippen molar-refractivity contribution in [1.82, 2.24) is 15.1 Å². The van der Waals surface area contributed by atoms with Gasteiger partial charge in [0.25, 0.3) is 0 Å². The predicted molar refractivity (Wildman–Crippen MR) is 92.7 cm³/mol. The van der Waals surface area contributed by atoms with E-state index in [4.69, 9.17) is 4.74 Å². The van der Waals surface area contributed by atoms with Crippen molar-refractivity contribution in [2.24, 2.45) is 0 Å². The van der Waals surface area contributed by atoms with Crippen molar-refractivity contribution in [3.63, 3.8) is 0 Å². The first-order valence-corrected chi connectivity index (χ1v) is 8.33. The Morgan fingerprint density at radius 2 is 2.12 bits per heavy atom. The number of nitrogens with zero attached hydrogens (tertiary/aromatic N) is 2. The molecule has 0 aliphatic carbocycles. The number of amides is 2. The zero-order valence-corrected chi connectivity index (χ0v) is 14.9. The Hall–Kier alpha value is -2.08. The highest BCUT2D eigenvalue weighted by molar-refractivity contribution is 5.88. The van der Waals surface area contributed by atoms with Gasteiger partial charge in [-0.15, -0.1) is 0 Å². The van der Waals surface area contributed by atoms with E-state index in [2.05, 4.69) is 10.2 Å². The molecule has 6 heteroatoms. The molecule has 132 valence electrons. The summed E-state index contributed by atoms with van der Waals surface area (Å²) >= 11 is 0. The molecular formula is C18H27N3O3. The molecule has 1 N–H and O–H groups in total. The average molecular weight is 333 g/mol. The zero-order valence-electron chi connectivity index (χ0n) is 14.9. The Bertz CT molecular complexity index is 589. The van der Waals surface area contributed by atoms with Crippen LogP contribution in [0.4, 0.5) is 0 Å². The largest absolute Gasteiger partial charge is 0.496 e. The quantitative estimate of drug-likeness (QED) is 0.851. The lowest BCUT2D eigenvalue weighted by Gasteiger charge is -2.36. The van der Waals surface area contributed by atoms with Crippen molar-refractivity contribution in [2.75, 3.05) is 27.2 Å². The van der Waals surface area contributed by atoms with Crippen LogP contribution in [0.3, 0.4) is 0 Å². The van der Waals surface area contributed by atoms with Crippen LogP contribution in [0.1, 0.15) is 25.8 Å². The smallest absolute Gasteiger partial charge is 0.237 e. The summed E-state index contributed by atoms with van der Waals surface area (Å²) in [6, 6.07) is 7.44. The maximum absolute atomic E-state index is 12.4. The molecular weight excluding hydrogens is 306 g/mol. The molecule has 1 saturated heterocycles. The third-order valence-corrected chi connectivity index (χ3v) is 4.54. The molecule has 0 aromatic heterocycles. The fraction of sp³-hybridized carbons (Fsp3) is 0.556. The minimum absolute atomic E-state index is 0.0166. The number of hydrogen-bond acceptors (Lipinski definition) is 4. The summed E-state index contributed by atoms with van der Waals surface area (Å²) in [6.45, 7) is 5.82. The number of carbonyl (C=O) groups excluding carboxylic acids is 2. The minimum Gasteiger partial charge on any atom is -0.496 e. The highest BCUT2D eigenvalue weighted by Crippen LogP contribution is 2.22. The number of carbonyl (C=O) groups is 2. The van der Waals surface area contributed by atoms with Gasteiger partial charge in [0.1, 0.15) is 5.75 Å². The van der Waals surface area contributed by atoms with E-state index in [-0.39, 0.29) is 24.3 Å². The van der Waals surface area contributed by atoms with Crippen LogP contribution in [0.25, 0.3) is 0 Å². The molecule has 1 fully saturated rings. The molecule has 1 aliphatic heterocycles. The fourth-order valence-corrected chi connectivity index (χ4v) is 2.82. The maximum Gasteiger partial charge on any atom is 0.237 e. The lowest BCUT2D eigenvalue weighted by Crippen LogP contribution is -2.56. The lowest BCUT2D eigenvalue weighted by atomic mass is 10.1. The fourth-order valence-electron chi connectivity index (χ4n) is 2.82. The van der Waals surface area contributed by atoms with Gasteiger partial charge in [-0.25, -0.2) is 0 Å². The topological polar surface area (TPSA) is 61.9 Å². The second-order valence-electron chi connectivity index (χ2n) is 6.39. The van der Waals surface area contributed by atoms with Gasteiger partial charge in [0.2, 0.25) is 11.8 Å². The second kappa shape index (κ2) is 8.15. The van der Waals surface area contributed by atoms with E-state index in [1.165, 1.54) is 0 Å². The third kappa shape index (κ3) is 4.26. The monoisotopic (exact) mass is 333 g/mol. The molecule has 1 unspecified atom stereocenters. The van der Waals surface area contributed by atoms with Gasteiger partial charge in [-0.05, 0) is 19.9 Å². The molecule has 0 saturated carbocycles. The van der Waals surface area contributed by atoms with E-state index >= 15 is 0 Å². The van der Waals surface area contributed by atoms with Crippen molar-refractivity contribution < 1.29 is 14.3 Å². The Balaban J connectivity index is 2.14. The van der Waals surface area contributed by atoms with Gasteiger partial charge < -0.3 is 15.0 Å². The van der Waals surface area contributed by atoms with Gasteiger partial charge in [0, 0.05) is 38.3 Å². The molecule has 1 aliphatic rings. The van der Waals surface area contributed by atoms with E-state index in [0.29, 0.717) is 19.6 Å². The number of para-hydroxylation sites is 1. The Morgan fingerprint density at radius 3 is 2.79 bits per heavy atom. The number of hydrogen-bond donors (Lipinski definition) is 1. The molecule has 0 spiro atoms.